The van der Waals surface area contributed by atoms with Gasteiger partial charge in [-0.3, -0.25) is 0 Å². The van der Waals surface area contributed by atoms with Gasteiger partial charge in [0.15, 0.2) is 0 Å². The van der Waals surface area contributed by atoms with Crippen molar-refractivity contribution >= 4 is 23.1 Å². The second-order valence-corrected chi connectivity index (χ2v) is 7.38. The Morgan fingerprint density at radius 3 is 2.69 bits per heavy atom. The van der Waals surface area contributed by atoms with Crippen molar-refractivity contribution in [2.75, 3.05) is 6.61 Å². The van der Waals surface area contributed by atoms with Gasteiger partial charge in [0.25, 0.3) is 0 Å². The molecule has 1 atom stereocenters. The fraction of sp³-hybridized carbons (Fsp3) is 0.750. The van der Waals surface area contributed by atoms with E-state index in [4.69, 9.17) is 5.11 Å². The summed E-state index contributed by atoms with van der Waals surface area (Å²) in [4.78, 5) is 4.65. The predicted octanol–water partition coefficient (Wildman–Crippen LogP) is 3.44. The molecule has 0 aliphatic heterocycles. The van der Waals surface area contributed by atoms with Crippen LogP contribution in [-0.2, 0) is 11.2 Å². The van der Waals surface area contributed by atoms with Gasteiger partial charge in [0, 0.05) is 28.4 Å². The molecular formula is C12H21NOS2. The first kappa shape index (κ1) is 14.0. The van der Waals surface area contributed by atoms with Crippen LogP contribution in [0.1, 0.15) is 44.8 Å². The molecule has 0 saturated carbocycles. The zero-order valence-electron chi connectivity index (χ0n) is 10.5. The topological polar surface area (TPSA) is 33.1 Å². The lowest BCUT2D eigenvalue weighted by Crippen LogP contribution is -2.11. The zero-order valence-corrected chi connectivity index (χ0v) is 12.1. The molecule has 0 aromatic carbocycles. The summed E-state index contributed by atoms with van der Waals surface area (Å²) in [6.07, 6.45) is 0.863. The van der Waals surface area contributed by atoms with E-state index in [1.165, 1.54) is 10.7 Å². The van der Waals surface area contributed by atoms with Gasteiger partial charge in [0.05, 0.1) is 5.69 Å². The smallest absolute Gasteiger partial charge is 0.103 e. The van der Waals surface area contributed by atoms with E-state index in [9.17, 15) is 0 Å². The molecule has 1 N–H and O–H groups in total. The van der Waals surface area contributed by atoms with Crippen molar-refractivity contribution < 1.29 is 5.11 Å². The zero-order chi connectivity index (χ0) is 12.2. The minimum absolute atomic E-state index is 0.149. The van der Waals surface area contributed by atoms with E-state index in [1.807, 2.05) is 11.8 Å². The Hall–Kier alpha value is -0.0600. The molecule has 1 heterocycles. The summed E-state index contributed by atoms with van der Waals surface area (Å²) in [5.41, 5.74) is 1.33. The monoisotopic (exact) mass is 259 g/mol. The minimum Gasteiger partial charge on any atom is -0.396 e. The van der Waals surface area contributed by atoms with Crippen molar-refractivity contribution in [3.63, 3.8) is 0 Å². The Morgan fingerprint density at radius 1 is 1.50 bits per heavy atom. The highest BCUT2D eigenvalue weighted by Gasteiger charge is 2.17. The highest BCUT2D eigenvalue weighted by Crippen LogP contribution is 2.27. The van der Waals surface area contributed by atoms with Crippen LogP contribution in [0.4, 0.5) is 0 Å². The van der Waals surface area contributed by atoms with E-state index in [1.54, 1.807) is 11.3 Å². The van der Waals surface area contributed by atoms with E-state index in [0.717, 1.165) is 12.2 Å². The van der Waals surface area contributed by atoms with Crippen LogP contribution >= 0.6 is 23.1 Å². The van der Waals surface area contributed by atoms with Gasteiger partial charge in [-0.15, -0.1) is 11.3 Å². The van der Waals surface area contributed by atoms with Crippen LogP contribution < -0.4 is 0 Å². The van der Waals surface area contributed by atoms with Crippen LogP contribution in [0.5, 0.6) is 0 Å². The summed E-state index contributed by atoms with van der Waals surface area (Å²) in [6.45, 7) is 8.99. The highest BCUT2D eigenvalue weighted by molar-refractivity contribution is 7.99. The van der Waals surface area contributed by atoms with Crippen molar-refractivity contribution in [1.82, 2.24) is 4.98 Å². The Balaban J connectivity index is 2.47. The van der Waals surface area contributed by atoms with Gasteiger partial charge in [-0.05, 0) is 6.42 Å². The number of aliphatic hydroxyl groups excluding tert-OH is 1. The molecule has 0 bridgehead atoms. The number of thioether (sulfide) groups is 1. The first-order valence-electron chi connectivity index (χ1n) is 5.61. The predicted molar refractivity (Wildman–Crippen MR) is 73.3 cm³/mol. The maximum Gasteiger partial charge on any atom is 0.103 e. The van der Waals surface area contributed by atoms with Crippen molar-refractivity contribution in [3.8, 4) is 0 Å². The lowest BCUT2D eigenvalue weighted by atomic mass is 9.93. The van der Waals surface area contributed by atoms with Crippen LogP contribution in [-0.4, -0.2) is 21.9 Å². The average Bonchev–Trinajstić information content (AvgIpc) is 2.63. The Bertz CT molecular complexity index is 317. The summed E-state index contributed by atoms with van der Waals surface area (Å²) in [5.74, 6) is 0.960. The van der Waals surface area contributed by atoms with Gasteiger partial charge >= 0.3 is 0 Å². The van der Waals surface area contributed by atoms with Gasteiger partial charge in [-0.1, -0.05) is 27.7 Å². The molecule has 2 nitrogen and oxygen atoms in total. The van der Waals surface area contributed by atoms with Gasteiger partial charge in [0.2, 0.25) is 0 Å². The largest absolute Gasteiger partial charge is 0.396 e. The fourth-order valence-corrected chi connectivity index (χ4v) is 3.25. The van der Waals surface area contributed by atoms with E-state index in [-0.39, 0.29) is 12.0 Å². The molecule has 0 aliphatic carbocycles. The second kappa shape index (κ2) is 6.03. The van der Waals surface area contributed by atoms with Crippen LogP contribution in [0.15, 0.2) is 5.38 Å². The van der Waals surface area contributed by atoms with Gasteiger partial charge in [0.1, 0.15) is 5.01 Å². The second-order valence-electron chi connectivity index (χ2n) is 5.01. The maximum absolute atomic E-state index is 8.82. The van der Waals surface area contributed by atoms with Crippen LogP contribution in [0.2, 0.25) is 0 Å². The normalized spacial score (nSPS) is 14.1. The summed E-state index contributed by atoms with van der Waals surface area (Å²) in [5, 5.41) is 12.7. The van der Waals surface area contributed by atoms with E-state index in [2.05, 4.69) is 38.1 Å². The SMILES string of the molecule is CC(CCO)SCc1nc(C(C)(C)C)cs1. The van der Waals surface area contributed by atoms with Crippen molar-refractivity contribution in [1.29, 1.82) is 0 Å². The molecule has 0 spiro atoms. The number of hydrogen-bond donors (Lipinski definition) is 1. The molecular weight excluding hydrogens is 238 g/mol. The van der Waals surface area contributed by atoms with Crippen LogP contribution in [0.25, 0.3) is 0 Å². The number of rotatable bonds is 5. The summed E-state index contributed by atoms with van der Waals surface area (Å²) < 4.78 is 0. The quantitative estimate of drug-likeness (QED) is 0.879. The molecule has 0 saturated heterocycles. The molecule has 4 heteroatoms. The number of hydrogen-bond acceptors (Lipinski definition) is 4. The van der Waals surface area contributed by atoms with Gasteiger partial charge in [-0.25, -0.2) is 4.98 Å². The molecule has 0 aliphatic rings. The lowest BCUT2D eigenvalue weighted by Gasteiger charge is -2.14. The van der Waals surface area contributed by atoms with Crippen molar-refractivity contribution in [2.45, 2.75) is 50.5 Å². The molecule has 92 valence electrons. The molecule has 0 radical (unpaired) electrons. The van der Waals surface area contributed by atoms with Crippen LogP contribution in [0, 0.1) is 0 Å². The van der Waals surface area contributed by atoms with Gasteiger partial charge in [-0.2, -0.15) is 11.8 Å². The van der Waals surface area contributed by atoms with Crippen LogP contribution in [0.3, 0.4) is 0 Å². The molecule has 1 aromatic rings. The molecule has 1 rings (SSSR count). The molecule has 1 unspecified atom stereocenters. The minimum atomic E-state index is 0.149. The lowest BCUT2D eigenvalue weighted by molar-refractivity contribution is 0.289. The van der Waals surface area contributed by atoms with E-state index >= 15 is 0 Å². The first-order chi connectivity index (χ1) is 7.43. The Kier molecular flexibility index (Phi) is 5.28. The standard InChI is InChI=1S/C12H21NOS2/c1-9(5-6-14)15-8-11-13-10(7-16-11)12(2,3)4/h7,9,14H,5-6,8H2,1-4H3. The van der Waals surface area contributed by atoms with Crippen molar-refractivity contribution in [2.24, 2.45) is 0 Å². The van der Waals surface area contributed by atoms with E-state index < -0.39 is 0 Å². The first-order valence-corrected chi connectivity index (χ1v) is 7.53. The summed E-state index contributed by atoms with van der Waals surface area (Å²) >= 11 is 3.61. The molecule has 1 aromatic heterocycles. The number of nitrogens with zero attached hydrogens (tertiary/aromatic N) is 1. The summed E-state index contributed by atoms with van der Waals surface area (Å²) in [7, 11) is 0. The van der Waals surface area contributed by atoms with Gasteiger partial charge < -0.3 is 5.11 Å². The maximum atomic E-state index is 8.82. The third-order valence-corrected chi connectivity index (χ3v) is 4.62. The third-order valence-electron chi connectivity index (χ3n) is 2.35. The number of aliphatic hydroxyl groups is 1. The van der Waals surface area contributed by atoms with Crippen molar-refractivity contribution in [3.05, 3.63) is 16.1 Å². The Labute approximate surface area is 106 Å². The number of aromatic nitrogens is 1. The highest BCUT2D eigenvalue weighted by atomic mass is 32.2. The molecule has 0 amide bonds. The fourth-order valence-electron chi connectivity index (χ4n) is 1.20. The molecule has 0 fully saturated rings. The summed E-state index contributed by atoms with van der Waals surface area (Å²) in [6, 6.07) is 0. The molecule has 16 heavy (non-hydrogen) atoms. The van der Waals surface area contributed by atoms with E-state index in [0.29, 0.717) is 5.25 Å². The Morgan fingerprint density at radius 2 is 2.19 bits per heavy atom. The number of thiazole rings is 1. The average molecular weight is 259 g/mol. The third kappa shape index (κ3) is 4.44.